The fourth-order valence-electron chi connectivity index (χ4n) is 3.26. The number of hydrogen-bond donors (Lipinski definition) is 2. The Hall–Kier alpha value is -1.81. The molecule has 0 bridgehead atoms. The van der Waals surface area contributed by atoms with E-state index in [4.69, 9.17) is 4.42 Å². The van der Waals surface area contributed by atoms with E-state index in [1.54, 1.807) is 6.26 Å². The van der Waals surface area contributed by atoms with E-state index in [1.807, 2.05) is 18.3 Å². The summed E-state index contributed by atoms with van der Waals surface area (Å²) in [4.78, 5) is 14.2. The molecular weight excluding hydrogens is 479 g/mol. The van der Waals surface area contributed by atoms with Gasteiger partial charge < -0.3 is 24.9 Å². The number of furan rings is 1. The molecule has 0 amide bonds. The van der Waals surface area contributed by atoms with Crippen LogP contribution in [0.3, 0.4) is 0 Å². The highest BCUT2D eigenvalue weighted by Gasteiger charge is 2.16. The molecule has 8 heteroatoms. The molecule has 1 fully saturated rings. The molecule has 1 aliphatic heterocycles. The van der Waals surface area contributed by atoms with Crippen LogP contribution in [0, 0.1) is 0 Å². The van der Waals surface area contributed by atoms with Gasteiger partial charge in [-0.3, -0.25) is 0 Å². The maximum atomic E-state index is 5.36. The van der Waals surface area contributed by atoms with Gasteiger partial charge in [0, 0.05) is 51.9 Å². The summed E-state index contributed by atoms with van der Waals surface area (Å²) in [5.74, 6) is 2.85. The van der Waals surface area contributed by atoms with Gasteiger partial charge in [0.1, 0.15) is 11.6 Å². The van der Waals surface area contributed by atoms with Crippen molar-refractivity contribution in [2.75, 3.05) is 50.7 Å². The molecule has 3 rings (SSSR count). The minimum absolute atomic E-state index is 0. The van der Waals surface area contributed by atoms with Gasteiger partial charge in [0.2, 0.25) is 0 Å². The molecule has 3 heterocycles. The molecule has 1 saturated heterocycles. The zero-order valence-corrected chi connectivity index (χ0v) is 19.8. The average Bonchev–Trinajstić information content (AvgIpc) is 3.26. The van der Waals surface area contributed by atoms with Crippen molar-refractivity contribution in [1.82, 2.24) is 20.5 Å². The predicted octanol–water partition coefficient (Wildman–Crippen LogP) is 2.73. The number of anilines is 1. The molecule has 7 nitrogen and oxygen atoms in total. The summed E-state index contributed by atoms with van der Waals surface area (Å²) in [7, 11) is 0. The van der Waals surface area contributed by atoms with E-state index in [-0.39, 0.29) is 24.0 Å². The molecule has 160 valence electrons. The van der Waals surface area contributed by atoms with Crippen molar-refractivity contribution in [3.05, 3.63) is 48.0 Å². The number of aliphatic imine (C=N–C) groups is 1. The van der Waals surface area contributed by atoms with E-state index in [2.05, 4.69) is 56.4 Å². The molecular formula is C21H33IN6O. The molecule has 0 spiro atoms. The van der Waals surface area contributed by atoms with Crippen LogP contribution in [0.5, 0.6) is 0 Å². The molecule has 2 N–H and O–H groups in total. The summed E-state index contributed by atoms with van der Waals surface area (Å²) in [6.45, 7) is 11.9. The van der Waals surface area contributed by atoms with Gasteiger partial charge in [-0.25, -0.2) is 9.98 Å². The maximum Gasteiger partial charge on any atom is 0.191 e. The number of nitrogens with one attached hydrogen (secondary N) is 2. The van der Waals surface area contributed by atoms with Gasteiger partial charge in [-0.15, -0.1) is 24.0 Å². The molecule has 0 radical (unpaired) electrons. The van der Waals surface area contributed by atoms with Crippen molar-refractivity contribution in [2.24, 2.45) is 4.99 Å². The van der Waals surface area contributed by atoms with Crippen LogP contribution in [0.1, 0.15) is 25.2 Å². The lowest BCUT2D eigenvalue weighted by Crippen LogP contribution is -2.46. The molecule has 0 aromatic carbocycles. The third kappa shape index (κ3) is 7.50. The first kappa shape index (κ1) is 23.5. The van der Waals surface area contributed by atoms with Gasteiger partial charge in [-0.1, -0.05) is 13.0 Å². The van der Waals surface area contributed by atoms with Crippen molar-refractivity contribution in [1.29, 1.82) is 0 Å². The third-order valence-corrected chi connectivity index (χ3v) is 4.96. The number of hydrogen-bond acceptors (Lipinski definition) is 5. The second-order valence-electron chi connectivity index (χ2n) is 6.90. The Labute approximate surface area is 191 Å². The van der Waals surface area contributed by atoms with Gasteiger partial charge in [0.05, 0.1) is 12.8 Å². The van der Waals surface area contributed by atoms with E-state index in [9.17, 15) is 0 Å². The highest BCUT2D eigenvalue weighted by Crippen LogP contribution is 2.14. The largest absolute Gasteiger partial charge is 0.469 e. The van der Waals surface area contributed by atoms with E-state index < -0.39 is 0 Å². The Morgan fingerprint density at radius 3 is 2.59 bits per heavy atom. The monoisotopic (exact) mass is 512 g/mol. The number of halogens is 1. The van der Waals surface area contributed by atoms with Crippen molar-refractivity contribution < 1.29 is 4.42 Å². The van der Waals surface area contributed by atoms with E-state index >= 15 is 0 Å². The van der Waals surface area contributed by atoms with Gasteiger partial charge in [0.25, 0.3) is 0 Å². The Morgan fingerprint density at radius 1 is 1.14 bits per heavy atom. The highest BCUT2D eigenvalue weighted by atomic mass is 127. The number of rotatable bonds is 8. The van der Waals surface area contributed by atoms with Crippen molar-refractivity contribution in [3.63, 3.8) is 0 Å². The molecule has 0 saturated carbocycles. The molecule has 0 aliphatic carbocycles. The van der Waals surface area contributed by atoms with Crippen molar-refractivity contribution in [3.8, 4) is 0 Å². The Balaban J connectivity index is 0.00000300. The van der Waals surface area contributed by atoms with E-state index in [0.717, 1.165) is 75.3 Å². The maximum absolute atomic E-state index is 5.36. The number of guanidine groups is 1. The summed E-state index contributed by atoms with van der Waals surface area (Å²) in [5.41, 5.74) is 1.11. The first-order valence-electron chi connectivity index (χ1n) is 10.2. The van der Waals surface area contributed by atoms with Crippen molar-refractivity contribution in [2.45, 2.75) is 26.8 Å². The van der Waals surface area contributed by atoms with Crippen LogP contribution in [-0.4, -0.2) is 61.7 Å². The van der Waals surface area contributed by atoms with E-state index in [0.29, 0.717) is 6.54 Å². The quantitative estimate of drug-likeness (QED) is 0.322. The predicted molar refractivity (Wildman–Crippen MR) is 129 cm³/mol. The van der Waals surface area contributed by atoms with Gasteiger partial charge in [-0.05, 0) is 37.2 Å². The molecule has 2 aromatic rings. The number of nitrogens with zero attached hydrogens (tertiary/aromatic N) is 4. The Morgan fingerprint density at radius 2 is 1.97 bits per heavy atom. The van der Waals surface area contributed by atoms with Crippen molar-refractivity contribution >= 4 is 35.8 Å². The van der Waals surface area contributed by atoms with E-state index in [1.165, 1.54) is 0 Å². The lowest BCUT2D eigenvalue weighted by atomic mass is 10.2. The highest BCUT2D eigenvalue weighted by molar-refractivity contribution is 14.0. The second-order valence-corrected chi connectivity index (χ2v) is 6.90. The lowest BCUT2D eigenvalue weighted by molar-refractivity contribution is 0.270. The number of pyridine rings is 1. The van der Waals surface area contributed by atoms with Gasteiger partial charge in [0.15, 0.2) is 5.96 Å². The Kier molecular flexibility index (Phi) is 10.3. The Bertz CT molecular complexity index is 711. The lowest BCUT2D eigenvalue weighted by Gasteiger charge is -2.34. The topological polar surface area (TPSA) is 68.9 Å². The summed E-state index contributed by atoms with van der Waals surface area (Å²) >= 11 is 0. The molecule has 1 aliphatic rings. The number of likely N-dealkylation sites (N-methyl/N-ethyl adjacent to an activating group) is 1. The smallest absolute Gasteiger partial charge is 0.191 e. The van der Waals surface area contributed by atoms with Crippen LogP contribution in [0.25, 0.3) is 0 Å². The van der Waals surface area contributed by atoms with Crippen LogP contribution in [0.15, 0.2) is 46.1 Å². The normalized spacial score (nSPS) is 15.1. The van der Waals surface area contributed by atoms with Crippen LogP contribution in [0.4, 0.5) is 5.82 Å². The number of aromatic nitrogens is 1. The zero-order chi connectivity index (χ0) is 19.6. The summed E-state index contributed by atoms with van der Waals surface area (Å²) in [6.07, 6.45) is 4.48. The fraction of sp³-hybridized carbons (Fsp3) is 0.524. The first-order valence-corrected chi connectivity index (χ1v) is 10.2. The van der Waals surface area contributed by atoms with Gasteiger partial charge >= 0.3 is 0 Å². The van der Waals surface area contributed by atoms with Crippen LogP contribution < -0.4 is 15.5 Å². The third-order valence-electron chi connectivity index (χ3n) is 4.96. The van der Waals surface area contributed by atoms with Crippen LogP contribution >= 0.6 is 24.0 Å². The summed E-state index contributed by atoms with van der Waals surface area (Å²) in [6, 6.07) is 8.14. The van der Waals surface area contributed by atoms with Gasteiger partial charge in [-0.2, -0.15) is 0 Å². The molecule has 0 atom stereocenters. The fourth-order valence-corrected chi connectivity index (χ4v) is 3.26. The summed E-state index contributed by atoms with van der Waals surface area (Å²) in [5, 5.41) is 6.63. The average molecular weight is 512 g/mol. The van der Waals surface area contributed by atoms with Crippen LogP contribution in [-0.2, 0) is 13.0 Å². The summed E-state index contributed by atoms with van der Waals surface area (Å²) < 4.78 is 5.36. The minimum Gasteiger partial charge on any atom is -0.469 e. The molecule has 2 aromatic heterocycles. The minimum atomic E-state index is 0. The molecule has 29 heavy (non-hydrogen) atoms. The van der Waals surface area contributed by atoms with Crippen LogP contribution in [0.2, 0.25) is 0 Å². The number of piperazine rings is 1. The molecule has 0 unspecified atom stereocenters. The first-order chi connectivity index (χ1) is 13.8. The SMILES string of the molecule is CCNC(=NCc1ccc(N2CCN(CC)CC2)nc1)NCCc1ccco1.I. The standard InChI is InChI=1S/C21H32N6O.HI/c1-3-22-21(23-10-9-19-6-5-15-28-19)25-17-18-7-8-20(24-16-18)27-13-11-26(4-2)12-14-27;/h5-8,15-16H,3-4,9-14,17H2,1-2H3,(H2,22,23,25);1H. The zero-order valence-electron chi connectivity index (χ0n) is 17.4. The second kappa shape index (κ2) is 12.7.